The fourth-order valence-corrected chi connectivity index (χ4v) is 7.97. The summed E-state index contributed by atoms with van der Waals surface area (Å²) in [6.07, 6.45) is 2.19. The van der Waals surface area contributed by atoms with E-state index in [-0.39, 0.29) is 0 Å². The molecule has 0 fully saturated rings. The van der Waals surface area contributed by atoms with E-state index >= 15 is 0 Å². The van der Waals surface area contributed by atoms with Crippen molar-refractivity contribution in [2.24, 2.45) is 0 Å². The lowest BCUT2D eigenvalue weighted by Crippen LogP contribution is -2.20. The van der Waals surface area contributed by atoms with E-state index in [1.807, 2.05) is 66.7 Å². The average molecular weight is 781 g/mol. The van der Waals surface area contributed by atoms with Crippen molar-refractivity contribution in [1.82, 2.24) is 15.3 Å². The van der Waals surface area contributed by atoms with Crippen molar-refractivity contribution in [3.63, 3.8) is 0 Å². The zero-order valence-electron chi connectivity index (χ0n) is 33.3. The van der Waals surface area contributed by atoms with Crippen LogP contribution in [0.1, 0.15) is 27.8 Å². The Kier molecular flexibility index (Phi) is 10.1. The zero-order chi connectivity index (χ0) is 41.0. The van der Waals surface area contributed by atoms with Gasteiger partial charge in [0.25, 0.3) is 0 Å². The second kappa shape index (κ2) is 16.6. The highest BCUT2D eigenvalue weighted by Gasteiger charge is 2.25. The summed E-state index contributed by atoms with van der Waals surface area (Å²) >= 11 is 0. The molecule has 1 aliphatic rings. The average Bonchev–Trinajstić information content (AvgIpc) is 3.35. The van der Waals surface area contributed by atoms with E-state index in [1.54, 1.807) is 0 Å². The van der Waals surface area contributed by atoms with Crippen LogP contribution in [0.2, 0.25) is 0 Å². The van der Waals surface area contributed by atoms with Gasteiger partial charge in [-0.3, -0.25) is 5.41 Å². The first-order valence-corrected chi connectivity index (χ1v) is 20.5. The van der Waals surface area contributed by atoms with Crippen LogP contribution in [-0.2, 0) is 0 Å². The molecule has 8 aromatic carbocycles. The van der Waals surface area contributed by atoms with Gasteiger partial charge >= 0.3 is 0 Å². The first-order chi connectivity index (χ1) is 30.1. The third-order valence-corrected chi connectivity index (χ3v) is 11.2. The highest BCUT2D eigenvalue weighted by atomic mass is 14.9. The molecule has 0 spiro atoms. The molecule has 4 heteroatoms. The lowest BCUT2D eigenvalue weighted by Gasteiger charge is -2.26. The van der Waals surface area contributed by atoms with Crippen LogP contribution in [0.15, 0.2) is 224 Å². The molecule has 2 N–H and O–H groups in total. The van der Waals surface area contributed by atoms with Crippen molar-refractivity contribution in [3.8, 4) is 56.2 Å². The number of nitrogens with zero attached hydrogens (tertiary/aromatic N) is 2. The Balaban J connectivity index is 1.15. The molecule has 10 rings (SSSR count). The molecular weight excluding hydrogens is 741 g/mol. The van der Waals surface area contributed by atoms with Gasteiger partial charge in [0.2, 0.25) is 0 Å². The first-order valence-electron chi connectivity index (χ1n) is 20.5. The third kappa shape index (κ3) is 7.74. The van der Waals surface area contributed by atoms with Crippen molar-refractivity contribution >= 4 is 28.8 Å². The number of fused-ring (bicyclic) bond motifs is 1. The Hall–Kier alpha value is -8.21. The third-order valence-electron chi connectivity index (χ3n) is 11.2. The monoisotopic (exact) mass is 780 g/mol. The summed E-state index contributed by atoms with van der Waals surface area (Å²) in [5.74, 6) is 0.617. The normalized spacial score (nSPS) is 12.8. The highest BCUT2D eigenvalue weighted by molar-refractivity contribution is 6.36. The van der Waals surface area contributed by atoms with Crippen molar-refractivity contribution in [2.75, 3.05) is 0 Å². The molecule has 0 unspecified atom stereocenters. The van der Waals surface area contributed by atoms with E-state index in [0.29, 0.717) is 11.5 Å². The van der Waals surface area contributed by atoms with Gasteiger partial charge in [0.1, 0.15) is 0 Å². The standard InChI is InChI=1S/C57H40N4/c58-55(47-24-14-5-15-25-47)54(46-22-12-4-13-23-46)56-50-36-49(35-34-48(50)37-51(59-56)43-20-10-3-11-21-43)57-60-52(44-30-26-41(27-31-44)39-16-6-1-7-17-39)38-53(61-57)45-32-28-42(29-33-45)40-18-8-2-9-19-40/h1-38,58-59H/b56-54-,58-55?. The van der Waals surface area contributed by atoms with Crippen molar-refractivity contribution < 1.29 is 0 Å². The van der Waals surface area contributed by atoms with Gasteiger partial charge in [-0.15, -0.1) is 0 Å². The summed E-state index contributed by atoms with van der Waals surface area (Å²) in [6, 6.07) is 77.2. The summed E-state index contributed by atoms with van der Waals surface area (Å²) in [4.78, 5) is 10.6. The van der Waals surface area contributed by atoms with Gasteiger partial charge in [-0.25, -0.2) is 9.97 Å². The van der Waals surface area contributed by atoms with Gasteiger partial charge in [-0.05, 0) is 57.2 Å². The van der Waals surface area contributed by atoms with E-state index < -0.39 is 0 Å². The van der Waals surface area contributed by atoms with Crippen molar-refractivity contribution in [3.05, 3.63) is 252 Å². The van der Waals surface area contributed by atoms with Crippen molar-refractivity contribution in [1.29, 1.82) is 5.41 Å². The molecule has 0 aliphatic carbocycles. The molecule has 0 bridgehead atoms. The molecule has 0 saturated heterocycles. The van der Waals surface area contributed by atoms with Crippen LogP contribution in [-0.4, -0.2) is 15.7 Å². The Morgan fingerprint density at radius 3 is 1.30 bits per heavy atom. The van der Waals surface area contributed by atoms with Gasteiger partial charge in [-0.2, -0.15) is 0 Å². The van der Waals surface area contributed by atoms with E-state index in [0.717, 1.165) is 84.0 Å². The minimum absolute atomic E-state index is 0.429. The predicted molar refractivity (Wildman–Crippen MR) is 253 cm³/mol. The maximum atomic E-state index is 9.73. The van der Waals surface area contributed by atoms with Gasteiger partial charge in [-0.1, -0.05) is 212 Å². The predicted octanol–water partition coefficient (Wildman–Crippen LogP) is 13.8. The molecule has 0 atom stereocenters. The lowest BCUT2D eigenvalue weighted by atomic mass is 9.87. The number of allylic oxidation sites excluding steroid dienone is 1. The number of nitrogens with one attached hydrogen (secondary N) is 2. The Morgan fingerprint density at radius 1 is 0.377 bits per heavy atom. The van der Waals surface area contributed by atoms with Crippen LogP contribution in [0.5, 0.6) is 0 Å². The topological polar surface area (TPSA) is 61.7 Å². The molecule has 1 aromatic heterocycles. The Bertz CT molecular complexity index is 2950. The molecule has 288 valence electrons. The number of hydrogen-bond donors (Lipinski definition) is 2. The number of aromatic nitrogens is 2. The van der Waals surface area contributed by atoms with Crippen LogP contribution in [0.4, 0.5) is 0 Å². The fraction of sp³-hybridized carbons (Fsp3) is 0. The van der Waals surface area contributed by atoms with Gasteiger partial charge in [0.05, 0.1) is 22.8 Å². The molecule has 2 heterocycles. The van der Waals surface area contributed by atoms with E-state index in [9.17, 15) is 5.41 Å². The molecular formula is C57H40N4. The van der Waals surface area contributed by atoms with Gasteiger partial charge < -0.3 is 5.32 Å². The largest absolute Gasteiger partial charge is 0.354 e. The minimum atomic E-state index is 0.429. The first kappa shape index (κ1) is 37.1. The number of rotatable bonds is 9. The van der Waals surface area contributed by atoms with Crippen molar-refractivity contribution in [2.45, 2.75) is 0 Å². The quantitative estimate of drug-likeness (QED) is 0.143. The summed E-state index contributed by atoms with van der Waals surface area (Å²) in [5.41, 5.74) is 17.1. The maximum absolute atomic E-state index is 9.73. The van der Waals surface area contributed by atoms with E-state index in [4.69, 9.17) is 9.97 Å². The molecule has 61 heavy (non-hydrogen) atoms. The molecule has 0 saturated carbocycles. The Morgan fingerprint density at radius 2 is 0.787 bits per heavy atom. The second-order valence-corrected chi connectivity index (χ2v) is 15.1. The van der Waals surface area contributed by atoms with Crippen LogP contribution in [0, 0.1) is 5.41 Å². The molecule has 0 amide bonds. The fourth-order valence-electron chi connectivity index (χ4n) is 7.97. The number of benzene rings is 8. The minimum Gasteiger partial charge on any atom is -0.354 e. The molecule has 1 aliphatic heterocycles. The van der Waals surface area contributed by atoms with E-state index in [2.05, 4.69) is 169 Å². The molecule has 4 nitrogen and oxygen atoms in total. The Labute approximate surface area is 356 Å². The summed E-state index contributed by atoms with van der Waals surface area (Å²) < 4.78 is 0. The smallest absolute Gasteiger partial charge is 0.160 e. The zero-order valence-corrected chi connectivity index (χ0v) is 33.3. The van der Waals surface area contributed by atoms with Gasteiger partial charge in [0, 0.05) is 39.1 Å². The summed E-state index contributed by atoms with van der Waals surface area (Å²) in [6.45, 7) is 0. The van der Waals surface area contributed by atoms with Crippen LogP contribution >= 0.6 is 0 Å². The van der Waals surface area contributed by atoms with Crippen LogP contribution < -0.4 is 5.32 Å². The molecule has 0 radical (unpaired) electrons. The van der Waals surface area contributed by atoms with E-state index in [1.165, 1.54) is 11.1 Å². The lowest BCUT2D eigenvalue weighted by molar-refractivity contribution is 1.18. The summed E-state index contributed by atoms with van der Waals surface area (Å²) in [5, 5.41) is 13.6. The summed E-state index contributed by atoms with van der Waals surface area (Å²) in [7, 11) is 0. The van der Waals surface area contributed by atoms with Gasteiger partial charge in [0.15, 0.2) is 5.82 Å². The SMILES string of the molecule is N=C(/C(=C1\NC(c2ccccc2)=Cc2ccc(-c3nc(-c4ccc(-c5ccccc5)cc4)cc(-c4ccc(-c5ccccc5)cc4)n3)cc21)c1ccccc1)c1ccccc1. The maximum Gasteiger partial charge on any atom is 0.160 e. The number of hydrogen-bond acceptors (Lipinski definition) is 4. The highest BCUT2D eigenvalue weighted by Crippen LogP contribution is 2.39. The van der Waals surface area contributed by atoms with Crippen LogP contribution in [0.3, 0.4) is 0 Å². The second-order valence-electron chi connectivity index (χ2n) is 15.1. The van der Waals surface area contributed by atoms with Crippen LogP contribution in [0.25, 0.3) is 79.2 Å². The molecule has 9 aromatic rings.